The number of halogens is 1. The predicted octanol–water partition coefficient (Wildman–Crippen LogP) is 2.45. The lowest BCUT2D eigenvalue weighted by Crippen LogP contribution is -2.36. The van der Waals surface area contributed by atoms with Gasteiger partial charge in [-0.2, -0.15) is 0 Å². The lowest BCUT2D eigenvalue weighted by atomic mass is 10.1. The van der Waals surface area contributed by atoms with E-state index < -0.39 is 10.5 Å². The summed E-state index contributed by atoms with van der Waals surface area (Å²) >= 11 is 6.00. The third-order valence-corrected chi connectivity index (χ3v) is 2.73. The molecular weight excluding hydrogens is 256 g/mol. The molecule has 100 valence electrons. The zero-order valence-corrected chi connectivity index (χ0v) is 11.4. The van der Waals surface area contributed by atoms with E-state index >= 15 is 0 Å². The smallest absolute Gasteiger partial charge is 0.275 e. The van der Waals surface area contributed by atoms with Crippen LogP contribution in [0.4, 0.5) is 5.69 Å². The molecule has 0 aliphatic rings. The van der Waals surface area contributed by atoms with Crippen molar-refractivity contribution in [2.75, 3.05) is 13.6 Å². The molecule has 0 radical (unpaired) electrons. The van der Waals surface area contributed by atoms with Crippen molar-refractivity contribution >= 4 is 17.3 Å². The van der Waals surface area contributed by atoms with E-state index in [9.17, 15) is 15.2 Å². The zero-order chi connectivity index (χ0) is 13.9. The maximum Gasteiger partial charge on any atom is 0.275 e. The highest BCUT2D eigenvalue weighted by atomic mass is 35.5. The fourth-order valence-electron chi connectivity index (χ4n) is 1.86. The molecule has 0 amide bonds. The first-order valence-electron chi connectivity index (χ1n) is 5.53. The van der Waals surface area contributed by atoms with E-state index in [1.54, 1.807) is 37.9 Å². The van der Waals surface area contributed by atoms with E-state index in [0.717, 1.165) is 0 Å². The third kappa shape index (κ3) is 4.25. The molecule has 1 N–H and O–H groups in total. The zero-order valence-electron chi connectivity index (χ0n) is 10.7. The highest BCUT2D eigenvalue weighted by Crippen LogP contribution is 2.27. The molecule has 0 aliphatic heterocycles. The number of benzene rings is 1. The monoisotopic (exact) mass is 272 g/mol. The topological polar surface area (TPSA) is 66.6 Å². The fraction of sp³-hybridized carbons (Fsp3) is 0.500. The number of hydrogen-bond acceptors (Lipinski definition) is 4. The van der Waals surface area contributed by atoms with Crippen LogP contribution < -0.4 is 0 Å². The van der Waals surface area contributed by atoms with Crippen molar-refractivity contribution in [2.24, 2.45) is 0 Å². The SMILES string of the molecule is CN(Cc1c(Cl)cccc1[N+](=O)[O-])CC(C)(C)O. The normalized spacial score (nSPS) is 11.9. The van der Waals surface area contributed by atoms with Crippen molar-refractivity contribution in [2.45, 2.75) is 26.0 Å². The van der Waals surface area contributed by atoms with Gasteiger partial charge in [0.1, 0.15) is 0 Å². The summed E-state index contributed by atoms with van der Waals surface area (Å²) in [6.07, 6.45) is 0. The minimum Gasteiger partial charge on any atom is -0.389 e. The van der Waals surface area contributed by atoms with Crippen molar-refractivity contribution in [1.29, 1.82) is 0 Å². The van der Waals surface area contributed by atoms with Crippen molar-refractivity contribution in [3.05, 3.63) is 38.9 Å². The lowest BCUT2D eigenvalue weighted by Gasteiger charge is -2.25. The van der Waals surface area contributed by atoms with Gasteiger partial charge in [0.2, 0.25) is 0 Å². The summed E-state index contributed by atoms with van der Waals surface area (Å²) in [7, 11) is 1.78. The number of hydrogen-bond donors (Lipinski definition) is 1. The average molecular weight is 273 g/mol. The van der Waals surface area contributed by atoms with Crippen LogP contribution in [0.2, 0.25) is 5.02 Å². The minimum atomic E-state index is -0.856. The highest BCUT2D eigenvalue weighted by Gasteiger charge is 2.21. The van der Waals surface area contributed by atoms with Gasteiger partial charge in [0, 0.05) is 19.2 Å². The molecule has 1 rings (SSSR count). The van der Waals surface area contributed by atoms with Crippen LogP contribution in [-0.2, 0) is 6.54 Å². The van der Waals surface area contributed by atoms with Crippen LogP contribution in [0.25, 0.3) is 0 Å². The molecule has 0 heterocycles. The van der Waals surface area contributed by atoms with Gasteiger partial charge in [0.15, 0.2) is 0 Å². The van der Waals surface area contributed by atoms with Gasteiger partial charge in [-0.15, -0.1) is 0 Å². The summed E-state index contributed by atoms with van der Waals surface area (Å²) in [5.74, 6) is 0. The maximum absolute atomic E-state index is 10.9. The van der Waals surface area contributed by atoms with E-state index in [-0.39, 0.29) is 5.69 Å². The number of aliphatic hydroxyl groups is 1. The Bertz CT molecular complexity index is 443. The fourth-order valence-corrected chi connectivity index (χ4v) is 2.09. The Hall–Kier alpha value is -1.17. The summed E-state index contributed by atoms with van der Waals surface area (Å²) in [5, 5.41) is 21.0. The van der Waals surface area contributed by atoms with Gasteiger partial charge in [0.05, 0.1) is 21.1 Å². The number of nitrogens with zero attached hydrogens (tertiary/aromatic N) is 2. The van der Waals surface area contributed by atoms with Crippen molar-refractivity contribution in [3.8, 4) is 0 Å². The van der Waals surface area contributed by atoms with Crippen LogP contribution >= 0.6 is 11.6 Å². The average Bonchev–Trinajstić information content (AvgIpc) is 2.17. The van der Waals surface area contributed by atoms with E-state index in [1.807, 2.05) is 0 Å². The Balaban J connectivity index is 2.93. The van der Waals surface area contributed by atoms with Gasteiger partial charge in [-0.25, -0.2) is 0 Å². The Labute approximate surface area is 111 Å². The first kappa shape index (κ1) is 14.9. The lowest BCUT2D eigenvalue weighted by molar-refractivity contribution is -0.385. The standard InChI is InChI=1S/C12H17ClN2O3/c1-12(2,16)8-14(3)7-9-10(13)5-4-6-11(9)15(17)18/h4-6,16H,7-8H2,1-3H3. The Morgan fingerprint density at radius 2 is 2.11 bits per heavy atom. The molecule has 1 aromatic carbocycles. The second-order valence-electron chi connectivity index (χ2n) is 4.98. The van der Waals surface area contributed by atoms with Gasteiger partial charge in [-0.05, 0) is 27.0 Å². The van der Waals surface area contributed by atoms with Crippen molar-refractivity contribution < 1.29 is 10.0 Å². The van der Waals surface area contributed by atoms with Crippen LogP contribution in [-0.4, -0.2) is 34.1 Å². The molecule has 1 aromatic rings. The van der Waals surface area contributed by atoms with Gasteiger partial charge in [-0.1, -0.05) is 17.7 Å². The highest BCUT2D eigenvalue weighted by molar-refractivity contribution is 6.31. The summed E-state index contributed by atoms with van der Waals surface area (Å²) in [4.78, 5) is 12.3. The van der Waals surface area contributed by atoms with Crippen molar-refractivity contribution in [3.63, 3.8) is 0 Å². The van der Waals surface area contributed by atoms with Gasteiger partial charge in [-0.3, -0.25) is 15.0 Å². The van der Waals surface area contributed by atoms with E-state index in [0.29, 0.717) is 23.7 Å². The van der Waals surface area contributed by atoms with Gasteiger partial charge < -0.3 is 5.11 Å². The van der Waals surface area contributed by atoms with Gasteiger partial charge >= 0.3 is 0 Å². The molecule has 0 aliphatic carbocycles. The number of nitro groups is 1. The third-order valence-electron chi connectivity index (χ3n) is 2.38. The Morgan fingerprint density at radius 3 is 2.61 bits per heavy atom. The molecule has 0 atom stereocenters. The molecule has 0 saturated carbocycles. The van der Waals surface area contributed by atoms with Crippen molar-refractivity contribution in [1.82, 2.24) is 4.90 Å². The quantitative estimate of drug-likeness (QED) is 0.660. The maximum atomic E-state index is 10.9. The molecule has 0 spiro atoms. The minimum absolute atomic E-state index is 0.00472. The Morgan fingerprint density at radius 1 is 1.50 bits per heavy atom. The van der Waals surface area contributed by atoms with Crippen LogP contribution in [0.1, 0.15) is 19.4 Å². The van der Waals surface area contributed by atoms with Crippen LogP contribution in [0, 0.1) is 10.1 Å². The Kier molecular flexibility index (Phi) is 4.67. The molecule has 0 fully saturated rings. The van der Waals surface area contributed by atoms with Crippen LogP contribution in [0.15, 0.2) is 18.2 Å². The largest absolute Gasteiger partial charge is 0.389 e. The molecule has 18 heavy (non-hydrogen) atoms. The van der Waals surface area contributed by atoms with E-state index in [4.69, 9.17) is 11.6 Å². The number of nitro benzene ring substituents is 1. The second-order valence-corrected chi connectivity index (χ2v) is 5.39. The molecular formula is C12H17ClN2O3. The van der Waals surface area contributed by atoms with E-state index in [1.165, 1.54) is 6.07 Å². The first-order valence-corrected chi connectivity index (χ1v) is 5.91. The molecule has 0 unspecified atom stereocenters. The first-order chi connectivity index (χ1) is 8.20. The van der Waals surface area contributed by atoms with Crippen LogP contribution in [0.3, 0.4) is 0 Å². The summed E-state index contributed by atoms with van der Waals surface area (Å²) in [5.41, 5.74) is -0.383. The van der Waals surface area contributed by atoms with Gasteiger partial charge in [0.25, 0.3) is 5.69 Å². The molecule has 5 nitrogen and oxygen atoms in total. The number of likely N-dealkylation sites (N-methyl/N-ethyl adjacent to an activating group) is 1. The second kappa shape index (κ2) is 5.65. The summed E-state index contributed by atoms with van der Waals surface area (Å²) in [6, 6.07) is 4.61. The summed E-state index contributed by atoms with van der Waals surface area (Å²) < 4.78 is 0. The number of rotatable bonds is 5. The van der Waals surface area contributed by atoms with E-state index in [2.05, 4.69) is 0 Å². The molecule has 0 saturated heterocycles. The van der Waals surface area contributed by atoms with Crippen LogP contribution in [0.5, 0.6) is 0 Å². The predicted molar refractivity (Wildman–Crippen MR) is 70.7 cm³/mol. The molecule has 0 aromatic heterocycles. The molecule has 0 bridgehead atoms. The summed E-state index contributed by atoms with van der Waals surface area (Å²) in [6.45, 7) is 4.09. The molecule has 6 heteroatoms.